The molecule has 0 aliphatic rings. The monoisotopic (exact) mass is 116 g/mol. The normalized spacial score (nSPS) is 14.0. The molecule has 0 aliphatic heterocycles. The van der Waals surface area contributed by atoms with Crippen LogP contribution >= 0.6 is 0 Å². The molecule has 1 unspecified atom stereocenters. The van der Waals surface area contributed by atoms with Crippen molar-refractivity contribution < 1.29 is 0 Å². The van der Waals surface area contributed by atoms with Crippen LogP contribution in [0.1, 0.15) is 13.8 Å². The van der Waals surface area contributed by atoms with Crippen molar-refractivity contribution in [2.24, 2.45) is 16.8 Å². The summed E-state index contributed by atoms with van der Waals surface area (Å²) in [5, 5.41) is 2.68. The SMILES string of the molecule is CC(C)C(N)CN=O. The third kappa shape index (κ3) is 2.69. The van der Waals surface area contributed by atoms with Crippen molar-refractivity contribution in [3.8, 4) is 0 Å². The lowest BCUT2D eigenvalue weighted by Gasteiger charge is -2.09. The molecule has 0 saturated heterocycles. The molecule has 0 spiro atoms. The highest BCUT2D eigenvalue weighted by molar-refractivity contribution is 4.66. The van der Waals surface area contributed by atoms with E-state index in [-0.39, 0.29) is 12.6 Å². The molecule has 0 fully saturated rings. The van der Waals surface area contributed by atoms with Crippen LogP contribution in [0.5, 0.6) is 0 Å². The Balaban J connectivity index is 3.30. The highest BCUT2D eigenvalue weighted by Gasteiger charge is 2.05. The van der Waals surface area contributed by atoms with Gasteiger partial charge in [0.1, 0.15) is 0 Å². The van der Waals surface area contributed by atoms with E-state index < -0.39 is 0 Å². The van der Waals surface area contributed by atoms with Crippen LogP contribution in [0.3, 0.4) is 0 Å². The number of hydrogen-bond acceptors (Lipinski definition) is 3. The molecule has 1 atom stereocenters. The van der Waals surface area contributed by atoms with E-state index in [9.17, 15) is 4.91 Å². The van der Waals surface area contributed by atoms with E-state index in [2.05, 4.69) is 5.18 Å². The Labute approximate surface area is 49.2 Å². The van der Waals surface area contributed by atoms with Gasteiger partial charge in [-0.3, -0.25) is 0 Å². The largest absolute Gasteiger partial charge is 0.326 e. The molecule has 0 amide bonds. The van der Waals surface area contributed by atoms with E-state index in [1.54, 1.807) is 0 Å². The lowest BCUT2D eigenvalue weighted by Crippen LogP contribution is -2.29. The van der Waals surface area contributed by atoms with E-state index in [0.29, 0.717) is 5.92 Å². The van der Waals surface area contributed by atoms with Gasteiger partial charge in [0.25, 0.3) is 0 Å². The first-order valence-electron chi connectivity index (χ1n) is 2.73. The van der Waals surface area contributed by atoms with Gasteiger partial charge in [0.05, 0.1) is 6.54 Å². The van der Waals surface area contributed by atoms with Crippen molar-refractivity contribution in [3.05, 3.63) is 4.91 Å². The zero-order valence-corrected chi connectivity index (χ0v) is 5.29. The molecule has 3 nitrogen and oxygen atoms in total. The average Bonchev–Trinajstić information content (AvgIpc) is 1.67. The smallest absolute Gasteiger partial charge is 0.0964 e. The molecule has 0 saturated carbocycles. The molecule has 48 valence electrons. The minimum absolute atomic E-state index is 0.0625. The lowest BCUT2D eigenvalue weighted by atomic mass is 10.1. The van der Waals surface area contributed by atoms with E-state index in [4.69, 9.17) is 5.73 Å². The van der Waals surface area contributed by atoms with Gasteiger partial charge in [-0.2, -0.15) is 4.91 Å². The third-order valence-corrected chi connectivity index (χ3v) is 1.14. The first kappa shape index (κ1) is 7.56. The summed E-state index contributed by atoms with van der Waals surface area (Å²) in [5.74, 6) is 0.354. The van der Waals surface area contributed by atoms with E-state index in [0.717, 1.165) is 0 Å². The van der Waals surface area contributed by atoms with Crippen molar-refractivity contribution in [3.63, 3.8) is 0 Å². The number of rotatable bonds is 3. The predicted molar refractivity (Wildman–Crippen MR) is 33.5 cm³/mol. The van der Waals surface area contributed by atoms with Crippen molar-refractivity contribution >= 4 is 0 Å². The second-order valence-electron chi connectivity index (χ2n) is 2.22. The molecule has 0 bridgehead atoms. The quantitative estimate of drug-likeness (QED) is 0.553. The fourth-order valence-electron chi connectivity index (χ4n) is 0.297. The fraction of sp³-hybridized carbons (Fsp3) is 1.00. The van der Waals surface area contributed by atoms with Crippen LogP contribution in [0.15, 0.2) is 5.18 Å². The molecular formula is C5H12N2O. The standard InChI is InChI=1S/C5H12N2O/c1-4(2)5(6)3-7-8/h4-5H,3,6H2,1-2H3. The zero-order valence-electron chi connectivity index (χ0n) is 5.29. The summed E-state index contributed by atoms with van der Waals surface area (Å²) in [6.45, 7) is 4.17. The zero-order chi connectivity index (χ0) is 6.57. The van der Waals surface area contributed by atoms with Gasteiger partial charge >= 0.3 is 0 Å². The molecule has 0 aliphatic carbocycles. The summed E-state index contributed by atoms with van der Waals surface area (Å²) in [7, 11) is 0. The second-order valence-corrected chi connectivity index (χ2v) is 2.22. The second kappa shape index (κ2) is 3.55. The summed E-state index contributed by atoms with van der Waals surface area (Å²) in [4.78, 5) is 9.59. The fourth-order valence-corrected chi connectivity index (χ4v) is 0.297. The topological polar surface area (TPSA) is 55.4 Å². The van der Waals surface area contributed by atoms with Gasteiger partial charge in [0.2, 0.25) is 0 Å². The number of nitrogens with two attached hydrogens (primary N) is 1. The Morgan fingerprint density at radius 3 is 2.25 bits per heavy atom. The summed E-state index contributed by atoms with van der Waals surface area (Å²) >= 11 is 0. The van der Waals surface area contributed by atoms with Crippen molar-refractivity contribution in [1.82, 2.24) is 0 Å². The van der Waals surface area contributed by atoms with Crippen molar-refractivity contribution in [2.45, 2.75) is 19.9 Å². The highest BCUT2D eigenvalue weighted by Crippen LogP contribution is 1.96. The molecule has 0 rings (SSSR count). The number of nitroso groups, excluding NO2 is 1. The first-order valence-corrected chi connectivity index (χ1v) is 2.73. The minimum Gasteiger partial charge on any atom is -0.326 e. The van der Waals surface area contributed by atoms with Crippen LogP contribution in [0.2, 0.25) is 0 Å². The first-order chi connectivity index (χ1) is 3.68. The van der Waals surface area contributed by atoms with Gasteiger partial charge in [-0.25, -0.2) is 0 Å². The summed E-state index contributed by atoms with van der Waals surface area (Å²) in [6.07, 6.45) is 0. The Morgan fingerprint density at radius 2 is 2.12 bits per heavy atom. The Kier molecular flexibility index (Phi) is 3.35. The van der Waals surface area contributed by atoms with Crippen LogP contribution in [0.4, 0.5) is 0 Å². The predicted octanol–water partition coefficient (Wildman–Crippen LogP) is 0.736. The molecule has 2 N–H and O–H groups in total. The highest BCUT2D eigenvalue weighted by atomic mass is 16.3. The van der Waals surface area contributed by atoms with Crippen LogP contribution in [-0.4, -0.2) is 12.6 Å². The van der Waals surface area contributed by atoms with Crippen molar-refractivity contribution in [1.29, 1.82) is 0 Å². The molecule has 0 radical (unpaired) electrons. The van der Waals surface area contributed by atoms with Gasteiger partial charge in [0.15, 0.2) is 0 Å². The van der Waals surface area contributed by atoms with Gasteiger partial charge in [-0.05, 0) is 5.92 Å². The average molecular weight is 116 g/mol. The number of hydrogen-bond donors (Lipinski definition) is 1. The molecule has 3 heteroatoms. The van der Waals surface area contributed by atoms with Crippen molar-refractivity contribution in [2.75, 3.05) is 6.54 Å². The van der Waals surface area contributed by atoms with Crippen LogP contribution < -0.4 is 5.73 Å². The Morgan fingerprint density at radius 1 is 1.62 bits per heavy atom. The molecule has 0 aromatic rings. The maximum absolute atomic E-state index is 9.59. The van der Waals surface area contributed by atoms with Gasteiger partial charge in [-0.15, -0.1) is 0 Å². The third-order valence-electron chi connectivity index (χ3n) is 1.14. The van der Waals surface area contributed by atoms with Crippen LogP contribution in [-0.2, 0) is 0 Å². The maximum atomic E-state index is 9.59. The molecule has 0 aromatic heterocycles. The van der Waals surface area contributed by atoms with Gasteiger partial charge < -0.3 is 5.73 Å². The molecule has 8 heavy (non-hydrogen) atoms. The molecule has 0 heterocycles. The van der Waals surface area contributed by atoms with Crippen LogP contribution in [0.25, 0.3) is 0 Å². The van der Waals surface area contributed by atoms with Gasteiger partial charge in [0, 0.05) is 6.04 Å². The molecular weight excluding hydrogens is 104 g/mol. The lowest BCUT2D eigenvalue weighted by molar-refractivity contribution is 0.501. The Bertz CT molecular complexity index is 72.8. The maximum Gasteiger partial charge on any atom is 0.0964 e. The molecule has 0 aromatic carbocycles. The number of nitrogens with zero attached hydrogens (tertiary/aromatic N) is 1. The van der Waals surface area contributed by atoms with Crippen LogP contribution in [0, 0.1) is 10.8 Å². The summed E-state index contributed by atoms with van der Waals surface area (Å²) < 4.78 is 0. The Hall–Kier alpha value is -0.440. The van der Waals surface area contributed by atoms with E-state index in [1.807, 2.05) is 13.8 Å². The van der Waals surface area contributed by atoms with E-state index in [1.165, 1.54) is 0 Å². The van der Waals surface area contributed by atoms with E-state index >= 15 is 0 Å². The summed E-state index contributed by atoms with van der Waals surface area (Å²) in [6, 6.07) is -0.0625. The summed E-state index contributed by atoms with van der Waals surface area (Å²) in [5.41, 5.74) is 5.43. The minimum atomic E-state index is -0.0625. The van der Waals surface area contributed by atoms with Gasteiger partial charge in [-0.1, -0.05) is 19.0 Å².